The molecule has 0 aliphatic heterocycles. The van der Waals surface area contributed by atoms with Crippen molar-refractivity contribution in [2.75, 3.05) is 21.3 Å². The molecule has 146 valence electrons. The molecule has 0 fully saturated rings. The molecule has 0 N–H and O–H groups in total. The van der Waals surface area contributed by atoms with Crippen molar-refractivity contribution in [2.45, 2.75) is 13.0 Å². The molecule has 3 aromatic rings. The van der Waals surface area contributed by atoms with Gasteiger partial charge in [0, 0.05) is 23.1 Å². The quantitative estimate of drug-likeness (QED) is 0.457. The van der Waals surface area contributed by atoms with Crippen molar-refractivity contribution in [3.8, 4) is 17.2 Å². The number of esters is 1. The smallest absolute Gasteiger partial charge is 0.336 e. The summed E-state index contributed by atoms with van der Waals surface area (Å²) in [4.78, 5) is 24.0. The number of fused-ring (bicyclic) bond motifs is 1. The number of hydrogen-bond acceptors (Lipinski definition) is 7. The van der Waals surface area contributed by atoms with E-state index < -0.39 is 11.6 Å². The molecule has 0 saturated carbocycles. The highest BCUT2D eigenvalue weighted by molar-refractivity contribution is 5.82. The highest BCUT2D eigenvalue weighted by atomic mass is 16.5. The van der Waals surface area contributed by atoms with Gasteiger partial charge in [0.15, 0.2) is 11.5 Å². The van der Waals surface area contributed by atoms with Gasteiger partial charge < -0.3 is 23.4 Å². The van der Waals surface area contributed by atoms with Crippen LogP contribution in [0.5, 0.6) is 17.2 Å². The number of benzene rings is 2. The van der Waals surface area contributed by atoms with Gasteiger partial charge in [-0.25, -0.2) is 4.79 Å². The second kappa shape index (κ2) is 8.47. The Morgan fingerprint density at radius 3 is 2.43 bits per heavy atom. The van der Waals surface area contributed by atoms with Crippen LogP contribution in [0.25, 0.3) is 11.0 Å². The molecule has 0 bridgehead atoms. The largest absolute Gasteiger partial charge is 0.497 e. The first-order chi connectivity index (χ1) is 13.5. The molecule has 28 heavy (non-hydrogen) atoms. The van der Waals surface area contributed by atoms with Gasteiger partial charge in [-0.1, -0.05) is 6.07 Å². The number of methoxy groups -OCH3 is 3. The number of rotatable bonds is 7. The first-order valence-corrected chi connectivity index (χ1v) is 8.51. The predicted octanol–water partition coefficient (Wildman–Crippen LogP) is 3.10. The maximum Gasteiger partial charge on any atom is 0.336 e. The monoisotopic (exact) mass is 384 g/mol. The second-order valence-electron chi connectivity index (χ2n) is 5.98. The predicted molar refractivity (Wildman–Crippen MR) is 102 cm³/mol. The zero-order chi connectivity index (χ0) is 20.1. The molecular weight excluding hydrogens is 364 g/mol. The molecule has 0 unspecified atom stereocenters. The summed E-state index contributed by atoms with van der Waals surface area (Å²) >= 11 is 0. The van der Waals surface area contributed by atoms with Crippen molar-refractivity contribution in [2.24, 2.45) is 0 Å². The lowest BCUT2D eigenvalue weighted by Crippen LogP contribution is -2.10. The highest BCUT2D eigenvalue weighted by Crippen LogP contribution is 2.28. The minimum Gasteiger partial charge on any atom is -0.497 e. The van der Waals surface area contributed by atoms with Crippen LogP contribution in [-0.2, 0) is 22.6 Å². The van der Waals surface area contributed by atoms with Gasteiger partial charge in [-0.3, -0.25) is 4.79 Å². The number of hydrogen-bond donors (Lipinski definition) is 0. The van der Waals surface area contributed by atoms with Crippen molar-refractivity contribution in [1.29, 1.82) is 0 Å². The van der Waals surface area contributed by atoms with Crippen LogP contribution in [0.3, 0.4) is 0 Å². The van der Waals surface area contributed by atoms with E-state index in [9.17, 15) is 9.59 Å². The SMILES string of the molecule is COc1ccc2c(COC(=O)Cc3ccc(OC)c(OC)c3)cc(=O)oc2c1. The van der Waals surface area contributed by atoms with Gasteiger partial charge >= 0.3 is 11.6 Å². The van der Waals surface area contributed by atoms with Crippen LogP contribution in [0.2, 0.25) is 0 Å². The maximum atomic E-state index is 12.2. The van der Waals surface area contributed by atoms with Crippen molar-refractivity contribution >= 4 is 16.9 Å². The van der Waals surface area contributed by atoms with Crippen LogP contribution in [-0.4, -0.2) is 27.3 Å². The fourth-order valence-corrected chi connectivity index (χ4v) is 2.82. The van der Waals surface area contributed by atoms with Gasteiger partial charge in [-0.05, 0) is 29.8 Å². The molecule has 7 heteroatoms. The van der Waals surface area contributed by atoms with E-state index in [-0.39, 0.29) is 13.0 Å². The third-order valence-corrected chi connectivity index (χ3v) is 4.22. The average Bonchev–Trinajstić information content (AvgIpc) is 2.71. The summed E-state index contributed by atoms with van der Waals surface area (Å²) in [7, 11) is 4.60. The number of ether oxygens (including phenoxy) is 4. The van der Waals surface area contributed by atoms with Crippen molar-refractivity contribution < 1.29 is 28.2 Å². The Kier molecular flexibility index (Phi) is 5.84. The Morgan fingerprint density at radius 2 is 1.71 bits per heavy atom. The third-order valence-electron chi connectivity index (χ3n) is 4.22. The summed E-state index contributed by atoms with van der Waals surface area (Å²) < 4.78 is 26.1. The summed E-state index contributed by atoms with van der Waals surface area (Å²) in [5, 5.41) is 0.680. The molecular formula is C21H20O7. The van der Waals surface area contributed by atoms with Crippen LogP contribution in [0.15, 0.2) is 51.7 Å². The van der Waals surface area contributed by atoms with E-state index in [1.807, 2.05) is 0 Å². The Bertz CT molecular complexity index is 1050. The summed E-state index contributed by atoms with van der Waals surface area (Å²) in [6.07, 6.45) is 0.0630. The third kappa shape index (κ3) is 4.25. The molecule has 0 aliphatic rings. The van der Waals surface area contributed by atoms with E-state index in [0.29, 0.717) is 33.8 Å². The van der Waals surface area contributed by atoms with E-state index in [1.54, 1.807) is 43.5 Å². The minimum atomic E-state index is -0.522. The van der Waals surface area contributed by atoms with E-state index in [1.165, 1.54) is 20.3 Å². The first-order valence-electron chi connectivity index (χ1n) is 8.51. The molecule has 0 saturated heterocycles. The lowest BCUT2D eigenvalue weighted by Gasteiger charge is -2.10. The van der Waals surface area contributed by atoms with Gasteiger partial charge in [0.2, 0.25) is 0 Å². The highest BCUT2D eigenvalue weighted by Gasteiger charge is 2.12. The van der Waals surface area contributed by atoms with E-state index in [0.717, 1.165) is 5.56 Å². The summed E-state index contributed by atoms with van der Waals surface area (Å²) in [6, 6.07) is 11.7. The Hall–Kier alpha value is -3.48. The molecule has 0 aliphatic carbocycles. The number of carbonyl (C=O) groups excluding carboxylic acids is 1. The van der Waals surface area contributed by atoms with Gasteiger partial charge in [0.05, 0.1) is 27.8 Å². The summed E-state index contributed by atoms with van der Waals surface area (Å²) in [5.74, 6) is 1.26. The zero-order valence-corrected chi connectivity index (χ0v) is 15.8. The maximum absolute atomic E-state index is 12.2. The standard InChI is InChI=1S/C21H20O7/c1-24-15-5-6-16-14(10-21(23)28-18(16)11-15)12-27-20(22)9-13-4-7-17(25-2)19(8-13)26-3/h4-8,10-11H,9,12H2,1-3H3. The molecule has 3 rings (SSSR count). The van der Waals surface area contributed by atoms with Gasteiger partial charge in [0.1, 0.15) is 17.9 Å². The van der Waals surface area contributed by atoms with Crippen LogP contribution >= 0.6 is 0 Å². The van der Waals surface area contributed by atoms with Crippen molar-refractivity contribution in [3.05, 3.63) is 64.0 Å². The van der Waals surface area contributed by atoms with Crippen LogP contribution in [0.4, 0.5) is 0 Å². The van der Waals surface area contributed by atoms with Crippen LogP contribution in [0.1, 0.15) is 11.1 Å². The molecule has 2 aromatic carbocycles. The Labute approximate surface area is 161 Å². The molecule has 7 nitrogen and oxygen atoms in total. The second-order valence-corrected chi connectivity index (χ2v) is 5.98. The summed E-state index contributed by atoms with van der Waals surface area (Å²) in [5.41, 5.74) is 1.14. The van der Waals surface area contributed by atoms with Crippen molar-refractivity contribution in [1.82, 2.24) is 0 Å². The first kappa shape index (κ1) is 19.3. The lowest BCUT2D eigenvalue weighted by molar-refractivity contribution is -0.144. The molecule has 1 heterocycles. The van der Waals surface area contributed by atoms with E-state index in [4.69, 9.17) is 23.4 Å². The van der Waals surface area contributed by atoms with E-state index >= 15 is 0 Å². The minimum absolute atomic E-state index is 0.0411. The van der Waals surface area contributed by atoms with Crippen LogP contribution < -0.4 is 19.8 Å². The molecule has 0 radical (unpaired) electrons. The molecule has 1 aromatic heterocycles. The fraction of sp³-hybridized carbons (Fsp3) is 0.238. The average molecular weight is 384 g/mol. The topological polar surface area (TPSA) is 84.2 Å². The van der Waals surface area contributed by atoms with E-state index in [2.05, 4.69) is 0 Å². The summed E-state index contributed by atoms with van der Waals surface area (Å²) in [6.45, 7) is -0.0411. The molecule has 0 atom stereocenters. The Morgan fingerprint density at radius 1 is 0.929 bits per heavy atom. The zero-order valence-electron chi connectivity index (χ0n) is 15.8. The fourth-order valence-electron chi connectivity index (χ4n) is 2.82. The molecule has 0 amide bonds. The number of carbonyl (C=O) groups is 1. The van der Waals surface area contributed by atoms with Gasteiger partial charge in [-0.15, -0.1) is 0 Å². The Balaban J connectivity index is 1.73. The van der Waals surface area contributed by atoms with Gasteiger partial charge in [0.25, 0.3) is 0 Å². The lowest BCUT2D eigenvalue weighted by atomic mass is 10.1. The normalized spacial score (nSPS) is 10.5. The van der Waals surface area contributed by atoms with Crippen molar-refractivity contribution in [3.63, 3.8) is 0 Å². The van der Waals surface area contributed by atoms with Crippen LogP contribution in [0, 0.1) is 0 Å². The van der Waals surface area contributed by atoms with Gasteiger partial charge in [-0.2, -0.15) is 0 Å². The molecule has 0 spiro atoms.